The average Bonchev–Trinajstić information content (AvgIpc) is 2.47. The maximum absolute atomic E-state index is 10.8. The minimum atomic E-state index is -1.43. The van der Waals surface area contributed by atoms with E-state index in [9.17, 15) is 4.57 Å². The predicted octanol–water partition coefficient (Wildman–Crippen LogP) is 2.25. The van der Waals surface area contributed by atoms with E-state index >= 15 is 0 Å². The van der Waals surface area contributed by atoms with Crippen molar-refractivity contribution in [1.29, 1.82) is 0 Å². The number of rotatable bonds is 4. The molecule has 76 valence electrons. The Morgan fingerprint density at radius 3 is 2.85 bits per heavy atom. The molecule has 1 fully saturated rings. The summed E-state index contributed by atoms with van der Waals surface area (Å²) in [6.45, 7) is 7.80. The molecule has 0 spiro atoms. The van der Waals surface area contributed by atoms with Crippen molar-refractivity contribution in [3.63, 3.8) is 0 Å². The van der Waals surface area contributed by atoms with Crippen molar-refractivity contribution >= 4 is 8.03 Å². The van der Waals surface area contributed by atoms with Gasteiger partial charge in [-0.15, -0.1) is 4.52 Å². The molecule has 0 bridgehead atoms. The summed E-state index contributed by atoms with van der Waals surface area (Å²) < 4.78 is 16.0. The summed E-state index contributed by atoms with van der Waals surface area (Å²) >= 11 is 0. The summed E-state index contributed by atoms with van der Waals surface area (Å²) in [7, 11) is -1.43. The third-order valence-corrected chi connectivity index (χ3v) is 3.05. The molecular formula is C9H19NO2P+. The highest BCUT2D eigenvalue weighted by Gasteiger charge is 2.28. The molecule has 1 heterocycles. The van der Waals surface area contributed by atoms with E-state index < -0.39 is 8.03 Å². The standard InChI is InChI=1S/C9H19NO2P/c1-8(2)10-6-4-5-9(10)7-12-13(3)11/h8-9H,4-7H2,1-3H3/q+1/t9-/m0/s1. The van der Waals surface area contributed by atoms with Crippen molar-refractivity contribution in [2.75, 3.05) is 19.8 Å². The van der Waals surface area contributed by atoms with E-state index in [-0.39, 0.29) is 0 Å². The molecule has 2 atom stereocenters. The van der Waals surface area contributed by atoms with Gasteiger partial charge in [0.1, 0.15) is 6.61 Å². The van der Waals surface area contributed by atoms with Crippen LogP contribution in [0, 0.1) is 0 Å². The van der Waals surface area contributed by atoms with E-state index in [1.54, 1.807) is 6.66 Å². The van der Waals surface area contributed by atoms with Gasteiger partial charge in [-0.1, -0.05) is 0 Å². The number of hydrogen-bond donors (Lipinski definition) is 0. The molecule has 0 aliphatic carbocycles. The van der Waals surface area contributed by atoms with Crippen LogP contribution in [0.1, 0.15) is 26.7 Å². The lowest BCUT2D eigenvalue weighted by molar-refractivity contribution is 0.149. The molecule has 0 radical (unpaired) electrons. The van der Waals surface area contributed by atoms with Gasteiger partial charge < -0.3 is 0 Å². The highest BCUT2D eigenvalue weighted by Crippen LogP contribution is 2.24. The van der Waals surface area contributed by atoms with Crippen molar-refractivity contribution in [2.24, 2.45) is 0 Å². The van der Waals surface area contributed by atoms with Crippen molar-refractivity contribution < 1.29 is 9.09 Å². The van der Waals surface area contributed by atoms with Gasteiger partial charge in [-0.05, 0) is 37.8 Å². The fourth-order valence-electron chi connectivity index (χ4n) is 1.91. The molecule has 0 aromatic heterocycles. The van der Waals surface area contributed by atoms with Gasteiger partial charge in [0.25, 0.3) is 0 Å². The second-order valence-electron chi connectivity index (χ2n) is 3.86. The van der Waals surface area contributed by atoms with Crippen LogP contribution in [0.4, 0.5) is 0 Å². The third kappa shape index (κ3) is 3.34. The molecule has 0 amide bonds. The summed E-state index contributed by atoms with van der Waals surface area (Å²) in [6.07, 6.45) is 2.42. The topological polar surface area (TPSA) is 29.5 Å². The molecule has 1 rings (SSSR count). The zero-order chi connectivity index (χ0) is 9.84. The maximum atomic E-state index is 10.8. The zero-order valence-corrected chi connectivity index (χ0v) is 9.59. The van der Waals surface area contributed by atoms with E-state index in [1.165, 1.54) is 12.8 Å². The lowest BCUT2D eigenvalue weighted by Crippen LogP contribution is -2.37. The second-order valence-corrected chi connectivity index (χ2v) is 5.00. The van der Waals surface area contributed by atoms with Crippen LogP contribution in [-0.2, 0) is 9.09 Å². The predicted molar refractivity (Wildman–Crippen MR) is 54.3 cm³/mol. The molecule has 1 aliphatic rings. The number of likely N-dealkylation sites (tertiary alicyclic amines) is 1. The van der Waals surface area contributed by atoms with E-state index in [2.05, 4.69) is 18.7 Å². The Labute approximate surface area is 81.3 Å². The Morgan fingerprint density at radius 1 is 1.62 bits per heavy atom. The molecule has 0 aromatic carbocycles. The molecule has 13 heavy (non-hydrogen) atoms. The summed E-state index contributed by atoms with van der Waals surface area (Å²) in [4.78, 5) is 2.43. The molecule has 0 saturated carbocycles. The van der Waals surface area contributed by atoms with E-state index in [1.807, 2.05) is 0 Å². The van der Waals surface area contributed by atoms with Crippen LogP contribution < -0.4 is 0 Å². The number of hydrogen-bond acceptors (Lipinski definition) is 3. The van der Waals surface area contributed by atoms with Gasteiger partial charge in [-0.2, -0.15) is 0 Å². The first-order valence-electron chi connectivity index (χ1n) is 4.90. The van der Waals surface area contributed by atoms with Crippen molar-refractivity contribution in [2.45, 2.75) is 38.8 Å². The lowest BCUT2D eigenvalue weighted by atomic mass is 10.2. The van der Waals surface area contributed by atoms with Crippen LogP contribution in [0.5, 0.6) is 0 Å². The van der Waals surface area contributed by atoms with Crippen LogP contribution in [0.2, 0.25) is 0 Å². The summed E-state index contributed by atoms with van der Waals surface area (Å²) in [6, 6.07) is 1.06. The van der Waals surface area contributed by atoms with Crippen molar-refractivity contribution in [3.05, 3.63) is 0 Å². The highest BCUT2D eigenvalue weighted by molar-refractivity contribution is 7.38. The first-order valence-corrected chi connectivity index (χ1v) is 6.53. The summed E-state index contributed by atoms with van der Waals surface area (Å²) in [5.41, 5.74) is 0. The number of nitrogens with zero attached hydrogens (tertiary/aromatic N) is 1. The van der Waals surface area contributed by atoms with Gasteiger partial charge in [0.15, 0.2) is 6.66 Å². The lowest BCUT2D eigenvalue weighted by Gasteiger charge is -2.26. The Hall–Kier alpha value is 0.0200. The Bertz CT molecular complexity index is 184. The smallest absolute Gasteiger partial charge is 0.296 e. The molecule has 0 N–H and O–H groups in total. The van der Waals surface area contributed by atoms with E-state index in [4.69, 9.17) is 4.52 Å². The molecular weight excluding hydrogens is 185 g/mol. The molecule has 3 nitrogen and oxygen atoms in total. The van der Waals surface area contributed by atoms with Crippen LogP contribution in [0.15, 0.2) is 0 Å². The first-order chi connectivity index (χ1) is 6.11. The van der Waals surface area contributed by atoms with Gasteiger partial charge in [-0.25, -0.2) is 0 Å². The van der Waals surface area contributed by atoms with E-state index in [0.717, 1.165) is 6.54 Å². The molecule has 1 aliphatic heterocycles. The Balaban J connectivity index is 2.35. The van der Waals surface area contributed by atoms with Crippen LogP contribution in [0.25, 0.3) is 0 Å². The summed E-state index contributed by atoms with van der Waals surface area (Å²) in [5.74, 6) is 0. The average molecular weight is 204 g/mol. The van der Waals surface area contributed by atoms with Crippen molar-refractivity contribution in [1.82, 2.24) is 4.90 Å². The summed E-state index contributed by atoms with van der Waals surface area (Å²) in [5, 5.41) is 0. The monoisotopic (exact) mass is 204 g/mol. The second kappa shape index (κ2) is 5.04. The van der Waals surface area contributed by atoms with Gasteiger partial charge >= 0.3 is 8.03 Å². The largest absolute Gasteiger partial charge is 0.504 e. The van der Waals surface area contributed by atoms with E-state index in [0.29, 0.717) is 18.7 Å². The Kier molecular flexibility index (Phi) is 4.30. The van der Waals surface area contributed by atoms with Crippen LogP contribution >= 0.6 is 8.03 Å². The molecule has 1 saturated heterocycles. The quantitative estimate of drug-likeness (QED) is 0.658. The first kappa shape index (κ1) is 11.1. The molecule has 4 heteroatoms. The van der Waals surface area contributed by atoms with Crippen molar-refractivity contribution in [3.8, 4) is 0 Å². The van der Waals surface area contributed by atoms with Crippen LogP contribution in [0.3, 0.4) is 0 Å². The highest BCUT2D eigenvalue weighted by atomic mass is 31.1. The molecule has 1 unspecified atom stereocenters. The third-order valence-electron chi connectivity index (χ3n) is 2.53. The van der Waals surface area contributed by atoms with Gasteiger partial charge in [0.2, 0.25) is 0 Å². The van der Waals surface area contributed by atoms with Crippen LogP contribution in [-0.4, -0.2) is 36.8 Å². The normalized spacial score (nSPS) is 25.5. The minimum Gasteiger partial charge on any atom is -0.296 e. The Morgan fingerprint density at radius 2 is 2.31 bits per heavy atom. The maximum Gasteiger partial charge on any atom is 0.504 e. The SMILES string of the molecule is CC(C)N1CCC[C@H]1CO[P+](C)=O. The van der Waals surface area contributed by atoms with Gasteiger partial charge in [-0.3, -0.25) is 4.90 Å². The fourth-order valence-corrected chi connectivity index (χ4v) is 2.29. The zero-order valence-electron chi connectivity index (χ0n) is 8.69. The van der Waals surface area contributed by atoms with Gasteiger partial charge in [0, 0.05) is 12.1 Å². The fraction of sp³-hybridized carbons (Fsp3) is 1.00. The van der Waals surface area contributed by atoms with Gasteiger partial charge in [0.05, 0.1) is 0 Å². The minimum absolute atomic E-state index is 0.485. The molecule has 0 aromatic rings.